The summed E-state index contributed by atoms with van der Waals surface area (Å²) in [5, 5.41) is 0. The third-order valence-corrected chi connectivity index (χ3v) is 3.65. The lowest BCUT2D eigenvalue weighted by Gasteiger charge is -2.22. The number of halogens is 1. The molecule has 0 radical (unpaired) electrons. The van der Waals surface area contributed by atoms with Crippen LogP contribution in [0.25, 0.3) is 0 Å². The molecule has 0 amide bonds. The highest BCUT2D eigenvalue weighted by Gasteiger charge is 2.31. The Kier molecular flexibility index (Phi) is 3.97. The van der Waals surface area contributed by atoms with Crippen molar-refractivity contribution in [1.82, 2.24) is 4.90 Å². The highest BCUT2D eigenvalue weighted by atomic mass is 19.1. The zero-order valence-electron chi connectivity index (χ0n) is 10.7. The van der Waals surface area contributed by atoms with E-state index in [4.69, 9.17) is 4.74 Å². The van der Waals surface area contributed by atoms with Crippen LogP contribution < -0.4 is 0 Å². The third kappa shape index (κ3) is 2.53. The SMILES string of the molecule is COC(=O)[C@@H](C)N1CC[C@@H](c2ccccc2F)C1. The molecular weight excluding hydrogens is 233 g/mol. The van der Waals surface area contributed by atoms with E-state index < -0.39 is 0 Å². The average Bonchev–Trinajstić information content (AvgIpc) is 2.87. The molecule has 4 heteroatoms. The minimum Gasteiger partial charge on any atom is -0.468 e. The first-order valence-corrected chi connectivity index (χ1v) is 6.19. The lowest BCUT2D eigenvalue weighted by Crippen LogP contribution is -2.37. The molecule has 1 aliphatic heterocycles. The van der Waals surface area contributed by atoms with Gasteiger partial charge in [-0.3, -0.25) is 9.69 Å². The molecule has 2 atom stereocenters. The van der Waals surface area contributed by atoms with Gasteiger partial charge in [-0.05, 0) is 31.5 Å². The molecule has 98 valence electrons. The maximum Gasteiger partial charge on any atom is 0.322 e. The van der Waals surface area contributed by atoms with Crippen LogP contribution in [0.2, 0.25) is 0 Å². The number of likely N-dealkylation sites (tertiary alicyclic amines) is 1. The van der Waals surface area contributed by atoms with Crippen molar-refractivity contribution >= 4 is 5.97 Å². The number of benzene rings is 1. The molecule has 0 aliphatic carbocycles. The normalized spacial score (nSPS) is 21.8. The number of esters is 1. The fraction of sp³-hybridized carbons (Fsp3) is 0.500. The van der Waals surface area contributed by atoms with Crippen molar-refractivity contribution in [3.63, 3.8) is 0 Å². The van der Waals surface area contributed by atoms with Crippen molar-refractivity contribution in [3.8, 4) is 0 Å². The van der Waals surface area contributed by atoms with Crippen LogP contribution in [0.5, 0.6) is 0 Å². The molecule has 3 nitrogen and oxygen atoms in total. The molecule has 0 spiro atoms. The van der Waals surface area contributed by atoms with E-state index in [1.54, 1.807) is 6.07 Å². The van der Waals surface area contributed by atoms with Gasteiger partial charge in [0.1, 0.15) is 11.9 Å². The maximum absolute atomic E-state index is 13.7. The van der Waals surface area contributed by atoms with Gasteiger partial charge in [-0.25, -0.2) is 4.39 Å². The van der Waals surface area contributed by atoms with Gasteiger partial charge in [0.25, 0.3) is 0 Å². The highest BCUT2D eigenvalue weighted by Crippen LogP contribution is 2.30. The summed E-state index contributed by atoms with van der Waals surface area (Å²) >= 11 is 0. The fourth-order valence-corrected chi connectivity index (χ4v) is 2.52. The third-order valence-electron chi connectivity index (χ3n) is 3.65. The van der Waals surface area contributed by atoms with E-state index in [0.717, 1.165) is 18.5 Å². The van der Waals surface area contributed by atoms with Crippen LogP contribution in [0.15, 0.2) is 24.3 Å². The van der Waals surface area contributed by atoms with Gasteiger partial charge < -0.3 is 4.74 Å². The molecule has 1 aliphatic rings. The number of carbonyl (C=O) groups is 1. The zero-order valence-corrected chi connectivity index (χ0v) is 10.7. The van der Waals surface area contributed by atoms with Crippen molar-refractivity contribution in [2.24, 2.45) is 0 Å². The van der Waals surface area contributed by atoms with Gasteiger partial charge in [0, 0.05) is 12.5 Å². The monoisotopic (exact) mass is 251 g/mol. The minimum atomic E-state index is -0.258. The van der Waals surface area contributed by atoms with Crippen LogP contribution in [-0.2, 0) is 9.53 Å². The van der Waals surface area contributed by atoms with Crippen molar-refractivity contribution in [2.75, 3.05) is 20.2 Å². The van der Waals surface area contributed by atoms with Crippen molar-refractivity contribution in [1.29, 1.82) is 0 Å². The molecule has 1 aromatic rings. The van der Waals surface area contributed by atoms with E-state index in [1.165, 1.54) is 13.2 Å². The first kappa shape index (κ1) is 13.0. The van der Waals surface area contributed by atoms with Crippen LogP contribution >= 0.6 is 0 Å². The first-order chi connectivity index (χ1) is 8.63. The minimum absolute atomic E-state index is 0.157. The molecule has 0 aromatic heterocycles. The topological polar surface area (TPSA) is 29.5 Å². The van der Waals surface area contributed by atoms with Crippen LogP contribution in [0.1, 0.15) is 24.8 Å². The van der Waals surface area contributed by atoms with Gasteiger partial charge in [-0.2, -0.15) is 0 Å². The van der Waals surface area contributed by atoms with Gasteiger partial charge in [0.05, 0.1) is 7.11 Å². The van der Waals surface area contributed by atoms with Gasteiger partial charge in [-0.15, -0.1) is 0 Å². The summed E-state index contributed by atoms with van der Waals surface area (Å²) in [6, 6.07) is 6.60. The van der Waals surface area contributed by atoms with Crippen LogP contribution in [-0.4, -0.2) is 37.1 Å². The van der Waals surface area contributed by atoms with Crippen LogP contribution in [0, 0.1) is 5.82 Å². The predicted molar refractivity (Wildman–Crippen MR) is 66.8 cm³/mol. The Balaban J connectivity index is 2.05. The van der Waals surface area contributed by atoms with Gasteiger partial charge in [0.15, 0.2) is 0 Å². The van der Waals surface area contributed by atoms with Crippen molar-refractivity contribution in [2.45, 2.75) is 25.3 Å². The standard InChI is InChI=1S/C14H18FNO2/c1-10(14(17)18-2)16-8-7-11(9-16)12-5-3-4-6-13(12)15/h3-6,10-11H,7-9H2,1-2H3/t10-,11-/m1/s1. The Morgan fingerprint density at radius 3 is 2.89 bits per heavy atom. The Bertz CT molecular complexity index is 436. The molecular formula is C14H18FNO2. The number of carbonyl (C=O) groups excluding carboxylic acids is 1. The number of rotatable bonds is 3. The Hall–Kier alpha value is -1.42. The maximum atomic E-state index is 13.7. The van der Waals surface area contributed by atoms with E-state index >= 15 is 0 Å². The van der Waals surface area contributed by atoms with E-state index in [2.05, 4.69) is 0 Å². The smallest absolute Gasteiger partial charge is 0.322 e. The largest absolute Gasteiger partial charge is 0.468 e. The van der Waals surface area contributed by atoms with Gasteiger partial charge in [-0.1, -0.05) is 18.2 Å². The number of ether oxygens (including phenoxy) is 1. The summed E-state index contributed by atoms with van der Waals surface area (Å²) in [6.07, 6.45) is 0.877. The summed E-state index contributed by atoms with van der Waals surface area (Å²) in [5.74, 6) is -0.224. The number of nitrogens with zero attached hydrogens (tertiary/aromatic N) is 1. The summed E-state index contributed by atoms with van der Waals surface area (Å²) in [7, 11) is 1.39. The Labute approximate surface area is 107 Å². The molecule has 0 saturated carbocycles. The number of hydrogen-bond acceptors (Lipinski definition) is 3. The molecule has 0 unspecified atom stereocenters. The number of hydrogen-bond donors (Lipinski definition) is 0. The molecule has 1 fully saturated rings. The van der Waals surface area contributed by atoms with E-state index in [-0.39, 0.29) is 23.7 Å². The lowest BCUT2D eigenvalue weighted by molar-refractivity contribution is -0.145. The average molecular weight is 251 g/mol. The second kappa shape index (κ2) is 5.48. The Morgan fingerprint density at radius 1 is 1.50 bits per heavy atom. The molecule has 1 saturated heterocycles. The van der Waals surface area contributed by atoms with Crippen molar-refractivity contribution < 1.29 is 13.9 Å². The highest BCUT2D eigenvalue weighted by molar-refractivity contribution is 5.75. The van der Waals surface area contributed by atoms with Crippen LogP contribution in [0.3, 0.4) is 0 Å². The second-order valence-corrected chi connectivity index (χ2v) is 4.70. The Morgan fingerprint density at radius 2 is 2.22 bits per heavy atom. The molecule has 1 heterocycles. The predicted octanol–water partition coefficient (Wildman–Crippen LogP) is 2.18. The molecule has 2 rings (SSSR count). The van der Waals surface area contributed by atoms with E-state index in [1.807, 2.05) is 24.0 Å². The molecule has 0 N–H and O–H groups in total. The molecule has 0 bridgehead atoms. The molecule has 1 aromatic carbocycles. The van der Waals surface area contributed by atoms with Crippen molar-refractivity contribution in [3.05, 3.63) is 35.6 Å². The quantitative estimate of drug-likeness (QED) is 0.771. The second-order valence-electron chi connectivity index (χ2n) is 4.70. The van der Waals surface area contributed by atoms with Gasteiger partial charge in [0.2, 0.25) is 0 Å². The fourth-order valence-electron chi connectivity index (χ4n) is 2.52. The number of methoxy groups -OCH3 is 1. The first-order valence-electron chi connectivity index (χ1n) is 6.19. The summed E-state index contributed by atoms with van der Waals surface area (Å²) in [6.45, 7) is 3.34. The van der Waals surface area contributed by atoms with E-state index in [0.29, 0.717) is 6.54 Å². The summed E-state index contributed by atoms with van der Waals surface area (Å²) in [5.41, 5.74) is 0.747. The lowest BCUT2D eigenvalue weighted by atomic mass is 9.98. The summed E-state index contributed by atoms with van der Waals surface area (Å²) < 4.78 is 18.4. The van der Waals surface area contributed by atoms with E-state index in [9.17, 15) is 9.18 Å². The summed E-state index contributed by atoms with van der Waals surface area (Å²) in [4.78, 5) is 13.5. The zero-order chi connectivity index (χ0) is 13.1. The molecule has 18 heavy (non-hydrogen) atoms. The van der Waals surface area contributed by atoms with Crippen LogP contribution in [0.4, 0.5) is 4.39 Å². The van der Waals surface area contributed by atoms with Gasteiger partial charge >= 0.3 is 5.97 Å².